The molecule has 0 spiro atoms. The number of ether oxygens (including phenoxy) is 2. The van der Waals surface area contributed by atoms with Crippen LogP contribution in [0.3, 0.4) is 0 Å². The van der Waals surface area contributed by atoms with Crippen molar-refractivity contribution in [2.75, 3.05) is 35.9 Å². The van der Waals surface area contributed by atoms with E-state index in [2.05, 4.69) is 20.4 Å². The summed E-state index contributed by atoms with van der Waals surface area (Å²) in [7, 11) is 1.29. The fourth-order valence-electron chi connectivity index (χ4n) is 2.16. The predicted molar refractivity (Wildman–Crippen MR) is 110 cm³/mol. The summed E-state index contributed by atoms with van der Waals surface area (Å²) in [4.78, 5) is 40.1. The lowest BCUT2D eigenvalue weighted by molar-refractivity contribution is -0.114. The Labute approximate surface area is 171 Å². The van der Waals surface area contributed by atoms with Gasteiger partial charge in [0.2, 0.25) is 11.8 Å². The molecule has 2 aromatic rings. The van der Waals surface area contributed by atoms with E-state index in [4.69, 9.17) is 4.74 Å². The van der Waals surface area contributed by atoms with E-state index in [9.17, 15) is 14.4 Å². The van der Waals surface area contributed by atoms with Gasteiger partial charge in [-0.2, -0.15) is 0 Å². The number of aromatic nitrogens is 1. The van der Waals surface area contributed by atoms with Gasteiger partial charge in [-0.25, -0.2) is 9.78 Å². The maximum absolute atomic E-state index is 12.1. The molecule has 0 unspecified atom stereocenters. The second-order valence-electron chi connectivity index (χ2n) is 5.44. The minimum atomic E-state index is -0.492. The van der Waals surface area contributed by atoms with Gasteiger partial charge in [0.1, 0.15) is 10.6 Å². The van der Waals surface area contributed by atoms with Crippen molar-refractivity contribution in [2.24, 2.45) is 0 Å². The zero-order valence-corrected chi connectivity index (χ0v) is 17.4. The lowest BCUT2D eigenvalue weighted by atomic mass is 10.3. The maximum Gasteiger partial charge on any atom is 0.350 e. The molecule has 0 aliphatic heterocycles. The molecule has 0 radical (unpaired) electrons. The van der Waals surface area contributed by atoms with Gasteiger partial charge in [-0.3, -0.25) is 9.59 Å². The molecule has 0 atom stereocenters. The molecule has 0 aliphatic carbocycles. The lowest BCUT2D eigenvalue weighted by Gasteiger charge is -2.11. The van der Waals surface area contributed by atoms with E-state index in [0.717, 1.165) is 11.3 Å². The van der Waals surface area contributed by atoms with Gasteiger partial charge < -0.3 is 20.1 Å². The monoisotopic (exact) mass is 423 g/mol. The summed E-state index contributed by atoms with van der Waals surface area (Å²) >= 11 is 2.22. The van der Waals surface area contributed by atoms with Crippen molar-refractivity contribution < 1.29 is 23.9 Å². The Bertz CT molecular complexity index is 853. The van der Waals surface area contributed by atoms with Gasteiger partial charge in [0.05, 0.1) is 36.6 Å². The largest absolute Gasteiger partial charge is 0.492 e. The van der Waals surface area contributed by atoms with Crippen molar-refractivity contribution in [3.63, 3.8) is 0 Å². The van der Waals surface area contributed by atoms with Gasteiger partial charge >= 0.3 is 5.97 Å². The van der Waals surface area contributed by atoms with Crippen LogP contribution in [0.25, 0.3) is 0 Å². The number of methoxy groups -OCH3 is 1. The summed E-state index contributed by atoms with van der Waals surface area (Å²) in [5.41, 5.74) is 1.08. The second-order valence-corrected chi connectivity index (χ2v) is 7.43. The van der Waals surface area contributed by atoms with Crippen LogP contribution in [0.2, 0.25) is 0 Å². The molecule has 0 saturated heterocycles. The van der Waals surface area contributed by atoms with Crippen LogP contribution in [0, 0.1) is 6.92 Å². The standard InChI is InChI=1S/C18H21N3O5S2/c1-4-26-13-8-6-5-7-12(13)20-14(22)9-27-10-15(23)21-18-19-11(2)16(28-18)17(24)25-3/h5-8H,4,9-10H2,1-3H3,(H,20,22)(H,19,21,23). The number of para-hydroxylation sites is 2. The molecule has 8 nitrogen and oxygen atoms in total. The summed E-state index contributed by atoms with van der Waals surface area (Å²) in [5.74, 6) is -0.249. The minimum absolute atomic E-state index is 0.0761. The summed E-state index contributed by atoms with van der Waals surface area (Å²) in [5, 5.41) is 5.71. The first kappa shape index (κ1) is 21.7. The molecule has 2 rings (SSSR count). The highest BCUT2D eigenvalue weighted by Crippen LogP contribution is 2.24. The summed E-state index contributed by atoms with van der Waals surface area (Å²) in [6.45, 7) is 4.03. The van der Waals surface area contributed by atoms with Crippen molar-refractivity contribution in [3.05, 3.63) is 34.8 Å². The molecule has 0 saturated carbocycles. The third-order valence-corrected chi connectivity index (χ3v) is 5.33. The SMILES string of the molecule is CCOc1ccccc1NC(=O)CSCC(=O)Nc1nc(C)c(C(=O)OC)s1. The molecule has 1 aromatic carbocycles. The van der Waals surface area contributed by atoms with Crippen LogP contribution in [0.4, 0.5) is 10.8 Å². The van der Waals surface area contributed by atoms with Crippen molar-refractivity contribution >= 4 is 51.7 Å². The van der Waals surface area contributed by atoms with Crippen LogP contribution in [-0.4, -0.2) is 48.0 Å². The van der Waals surface area contributed by atoms with Gasteiger partial charge in [-0.1, -0.05) is 23.5 Å². The number of thiazole rings is 1. The van der Waals surface area contributed by atoms with Gasteiger partial charge in [-0.05, 0) is 26.0 Å². The zero-order valence-electron chi connectivity index (χ0n) is 15.7. The molecule has 28 heavy (non-hydrogen) atoms. The Morgan fingerprint density at radius 1 is 1.14 bits per heavy atom. The number of anilines is 2. The van der Waals surface area contributed by atoms with Crippen LogP contribution < -0.4 is 15.4 Å². The van der Waals surface area contributed by atoms with E-state index in [1.54, 1.807) is 25.1 Å². The fraction of sp³-hybridized carbons (Fsp3) is 0.333. The van der Waals surface area contributed by atoms with Gasteiger partial charge in [0.25, 0.3) is 0 Å². The summed E-state index contributed by atoms with van der Waals surface area (Å²) in [6, 6.07) is 7.16. The molecule has 2 N–H and O–H groups in total. The van der Waals surface area contributed by atoms with E-state index in [1.807, 2.05) is 13.0 Å². The number of thioether (sulfide) groups is 1. The molecular weight excluding hydrogens is 402 g/mol. The number of esters is 1. The van der Waals surface area contributed by atoms with Crippen molar-refractivity contribution in [3.8, 4) is 5.75 Å². The van der Waals surface area contributed by atoms with Crippen LogP contribution in [0.1, 0.15) is 22.3 Å². The highest BCUT2D eigenvalue weighted by Gasteiger charge is 2.17. The Morgan fingerprint density at radius 3 is 2.50 bits per heavy atom. The number of amides is 2. The number of hydrogen-bond donors (Lipinski definition) is 2. The number of carbonyl (C=O) groups excluding carboxylic acids is 3. The van der Waals surface area contributed by atoms with Gasteiger partial charge in [0, 0.05) is 0 Å². The van der Waals surface area contributed by atoms with E-state index < -0.39 is 5.97 Å². The minimum Gasteiger partial charge on any atom is -0.492 e. The van der Waals surface area contributed by atoms with Crippen molar-refractivity contribution in [1.29, 1.82) is 0 Å². The number of nitrogens with zero attached hydrogens (tertiary/aromatic N) is 1. The van der Waals surface area contributed by atoms with Crippen molar-refractivity contribution in [2.45, 2.75) is 13.8 Å². The first-order valence-electron chi connectivity index (χ1n) is 8.39. The number of aryl methyl sites for hydroxylation is 1. The second kappa shape index (κ2) is 10.7. The van der Waals surface area contributed by atoms with Crippen LogP contribution >= 0.6 is 23.1 Å². The molecular formula is C18H21N3O5S2. The molecule has 1 aromatic heterocycles. The van der Waals surface area contributed by atoms with E-state index in [1.165, 1.54) is 18.9 Å². The molecule has 0 aliphatic rings. The van der Waals surface area contributed by atoms with E-state index >= 15 is 0 Å². The smallest absolute Gasteiger partial charge is 0.350 e. The maximum atomic E-state index is 12.1. The van der Waals surface area contributed by atoms with Crippen LogP contribution in [-0.2, 0) is 14.3 Å². The van der Waals surface area contributed by atoms with E-state index in [0.29, 0.717) is 33.7 Å². The quantitative estimate of drug-likeness (QED) is 0.597. The third-order valence-electron chi connectivity index (χ3n) is 3.34. The molecule has 2 amide bonds. The predicted octanol–water partition coefficient (Wildman–Crippen LogP) is 2.95. The van der Waals surface area contributed by atoms with Crippen LogP contribution in [0.5, 0.6) is 5.75 Å². The topological polar surface area (TPSA) is 107 Å². The first-order chi connectivity index (χ1) is 13.4. The first-order valence-corrected chi connectivity index (χ1v) is 10.4. The molecule has 150 valence electrons. The van der Waals surface area contributed by atoms with Gasteiger partial charge in [-0.15, -0.1) is 11.8 Å². The highest BCUT2D eigenvalue weighted by atomic mass is 32.2. The number of rotatable bonds is 9. The normalized spacial score (nSPS) is 10.2. The summed E-state index contributed by atoms with van der Waals surface area (Å²) < 4.78 is 10.1. The molecule has 10 heteroatoms. The highest BCUT2D eigenvalue weighted by molar-refractivity contribution is 8.00. The van der Waals surface area contributed by atoms with Crippen LogP contribution in [0.15, 0.2) is 24.3 Å². The van der Waals surface area contributed by atoms with E-state index in [-0.39, 0.29) is 23.3 Å². The Hall–Kier alpha value is -2.59. The number of nitrogens with one attached hydrogen (secondary N) is 2. The Kier molecular flexibility index (Phi) is 8.27. The lowest BCUT2D eigenvalue weighted by Crippen LogP contribution is -2.18. The number of carbonyl (C=O) groups is 3. The van der Waals surface area contributed by atoms with Crippen molar-refractivity contribution in [1.82, 2.24) is 4.98 Å². The Morgan fingerprint density at radius 2 is 1.82 bits per heavy atom. The Balaban J connectivity index is 1.79. The average Bonchev–Trinajstić information content (AvgIpc) is 3.03. The third kappa shape index (κ3) is 6.24. The molecule has 0 fully saturated rings. The summed E-state index contributed by atoms with van der Waals surface area (Å²) in [6.07, 6.45) is 0. The fourth-order valence-corrected chi connectivity index (χ4v) is 3.68. The number of hydrogen-bond acceptors (Lipinski definition) is 8. The molecule has 0 bridgehead atoms. The van der Waals surface area contributed by atoms with Gasteiger partial charge in [0.15, 0.2) is 5.13 Å². The molecule has 1 heterocycles. The number of benzene rings is 1. The average molecular weight is 424 g/mol. The zero-order chi connectivity index (χ0) is 20.5.